The summed E-state index contributed by atoms with van der Waals surface area (Å²) in [6.45, 7) is 0.455. The highest BCUT2D eigenvalue weighted by Gasteiger charge is 2.07. The van der Waals surface area contributed by atoms with Gasteiger partial charge in [-0.1, -0.05) is 5.16 Å². The lowest BCUT2D eigenvalue weighted by molar-refractivity contribution is 0.380. The van der Waals surface area contributed by atoms with Crippen LogP contribution in [0, 0.1) is 0 Å². The van der Waals surface area contributed by atoms with Crippen molar-refractivity contribution in [1.29, 1.82) is 0 Å². The fraction of sp³-hybridized carbons (Fsp3) is 0.222. The summed E-state index contributed by atoms with van der Waals surface area (Å²) in [4.78, 5) is 17.6. The smallest absolute Gasteiger partial charge is 0.248 e. The van der Waals surface area contributed by atoms with Crippen LogP contribution >= 0.6 is 0 Å². The Morgan fingerprint density at radius 2 is 2.40 bits per heavy atom. The molecule has 0 saturated carbocycles. The van der Waals surface area contributed by atoms with Crippen LogP contribution in [-0.4, -0.2) is 21.7 Å². The second-order valence-corrected chi connectivity index (χ2v) is 2.99. The van der Waals surface area contributed by atoms with Gasteiger partial charge in [0.15, 0.2) is 0 Å². The van der Waals surface area contributed by atoms with Crippen LogP contribution in [0.15, 0.2) is 27.6 Å². The molecule has 0 fully saturated rings. The Morgan fingerprint density at radius 3 is 3.13 bits per heavy atom. The van der Waals surface area contributed by atoms with Gasteiger partial charge in [0.25, 0.3) is 0 Å². The molecule has 2 rings (SSSR count). The zero-order chi connectivity index (χ0) is 10.7. The minimum absolute atomic E-state index is 0.197. The Morgan fingerprint density at radius 1 is 1.53 bits per heavy atom. The Balaban J connectivity index is 2.33. The lowest BCUT2D eigenvalue weighted by Gasteiger charge is -1.90. The first-order valence-electron chi connectivity index (χ1n) is 4.51. The summed E-state index contributed by atoms with van der Waals surface area (Å²) in [5.41, 5.74) is 5.78. The van der Waals surface area contributed by atoms with Crippen LogP contribution in [0.5, 0.6) is 0 Å². The van der Waals surface area contributed by atoms with Crippen LogP contribution in [-0.2, 0) is 6.42 Å². The van der Waals surface area contributed by atoms with E-state index in [9.17, 15) is 4.79 Å². The van der Waals surface area contributed by atoms with E-state index in [-0.39, 0.29) is 5.56 Å². The highest BCUT2D eigenvalue weighted by Crippen LogP contribution is 2.12. The van der Waals surface area contributed by atoms with Crippen LogP contribution < -0.4 is 11.3 Å². The highest BCUT2D eigenvalue weighted by molar-refractivity contribution is 5.52. The van der Waals surface area contributed by atoms with Gasteiger partial charge in [-0.25, -0.2) is 0 Å². The molecule has 3 N–H and O–H groups in total. The highest BCUT2D eigenvalue weighted by atomic mass is 16.5. The maximum absolute atomic E-state index is 11.0. The number of rotatable bonds is 3. The number of aromatic nitrogens is 3. The molecule has 0 amide bonds. The fourth-order valence-electron chi connectivity index (χ4n) is 1.18. The molecule has 0 radical (unpaired) electrons. The van der Waals surface area contributed by atoms with Gasteiger partial charge >= 0.3 is 0 Å². The minimum atomic E-state index is -0.197. The number of nitrogens with one attached hydrogen (secondary N) is 1. The van der Waals surface area contributed by atoms with Gasteiger partial charge in [0.2, 0.25) is 17.3 Å². The fourth-order valence-corrected chi connectivity index (χ4v) is 1.18. The topological polar surface area (TPSA) is 97.8 Å². The van der Waals surface area contributed by atoms with E-state index in [0.29, 0.717) is 30.2 Å². The van der Waals surface area contributed by atoms with E-state index in [1.165, 1.54) is 12.3 Å². The molecule has 0 aliphatic carbocycles. The summed E-state index contributed by atoms with van der Waals surface area (Å²) < 4.78 is 4.95. The first-order chi connectivity index (χ1) is 7.29. The molecule has 15 heavy (non-hydrogen) atoms. The predicted octanol–water partition coefficient (Wildman–Crippen LogP) is -0.0739. The molecule has 2 aromatic heterocycles. The zero-order valence-electron chi connectivity index (χ0n) is 7.93. The zero-order valence-corrected chi connectivity index (χ0v) is 7.93. The number of nitrogens with two attached hydrogens (primary N) is 1. The van der Waals surface area contributed by atoms with Crippen molar-refractivity contribution in [3.05, 3.63) is 34.6 Å². The Labute approximate surface area is 85.1 Å². The van der Waals surface area contributed by atoms with Crippen molar-refractivity contribution in [2.24, 2.45) is 5.73 Å². The second-order valence-electron chi connectivity index (χ2n) is 2.99. The van der Waals surface area contributed by atoms with Crippen molar-refractivity contribution >= 4 is 0 Å². The monoisotopic (exact) mass is 206 g/mol. The molecule has 0 spiro atoms. The SMILES string of the molecule is NCCc1nc(-c2cc[nH]c(=O)c2)no1. The number of hydrogen-bond acceptors (Lipinski definition) is 5. The standard InChI is InChI=1S/C9H10N4O2/c10-3-1-8-12-9(13-15-8)6-2-4-11-7(14)5-6/h2,4-5H,1,3,10H2,(H,11,14). The molecule has 6 heteroatoms. The molecule has 0 unspecified atom stereocenters. The molecule has 0 aliphatic rings. The molecule has 2 heterocycles. The Hall–Kier alpha value is -1.95. The molecule has 2 aromatic rings. The average Bonchev–Trinajstić information content (AvgIpc) is 2.67. The lowest BCUT2D eigenvalue weighted by Crippen LogP contribution is -2.03. The van der Waals surface area contributed by atoms with Crippen LogP contribution in [0.2, 0.25) is 0 Å². The molecule has 6 nitrogen and oxygen atoms in total. The van der Waals surface area contributed by atoms with Crippen LogP contribution in [0.1, 0.15) is 5.89 Å². The molecule has 0 aliphatic heterocycles. The van der Waals surface area contributed by atoms with Gasteiger partial charge in [0.1, 0.15) is 0 Å². The largest absolute Gasteiger partial charge is 0.339 e. The number of pyridine rings is 1. The molecule has 0 saturated heterocycles. The Bertz CT molecular complexity index is 503. The number of nitrogens with zero attached hydrogens (tertiary/aromatic N) is 2. The molecule has 0 aromatic carbocycles. The van der Waals surface area contributed by atoms with E-state index in [1.807, 2.05) is 0 Å². The van der Waals surface area contributed by atoms with Gasteiger partial charge in [0.05, 0.1) is 0 Å². The molecule has 0 bridgehead atoms. The first kappa shape index (κ1) is 9.60. The summed E-state index contributed by atoms with van der Waals surface area (Å²) >= 11 is 0. The summed E-state index contributed by atoms with van der Waals surface area (Å²) in [5.74, 6) is 0.886. The number of H-pyrrole nitrogens is 1. The van der Waals surface area contributed by atoms with E-state index < -0.39 is 0 Å². The van der Waals surface area contributed by atoms with E-state index >= 15 is 0 Å². The third-order valence-corrected chi connectivity index (χ3v) is 1.86. The van der Waals surface area contributed by atoms with Crippen LogP contribution in [0.25, 0.3) is 11.4 Å². The molecule has 0 atom stereocenters. The van der Waals surface area contributed by atoms with Crippen LogP contribution in [0.3, 0.4) is 0 Å². The van der Waals surface area contributed by atoms with Gasteiger partial charge in [0, 0.05) is 30.8 Å². The van der Waals surface area contributed by atoms with Crippen molar-refractivity contribution in [2.75, 3.05) is 6.54 Å². The van der Waals surface area contributed by atoms with Crippen molar-refractivity contribution in [3.8, 4) is 11.4 Å². The van der Waals surface area contributed by atoms with Crippen molar-refractivity contribution in [3.63, 3.8) is 0 Å². The number of hydrogen-bond donors (Lipinski definition) is 2. The first-order valence-corrected chi connectivity index (χ1v) is 4.51. The summed E-state index contributed by atoms with van der Waals surface area (Å²) in [6.07, 6.45) is 2.08. The Kier molecular flexibility index (Phi) is 2.59. The minimum Gasteiger partial charge on any atom is -0.339 e. The second kappa shape index (κ2) is 4.05. The summed E-state index contributed by atoms with van der Waals surface area (Å²) in [7, 11) is 0. The third-order valence-electron chi connectivity index (χ3n) is 1.86. The predicted molar refractivity (Wildman–Crippen MR) is 53.1 cm³/mol. The van der Waals surface area contributed by atoms with E-state index in [0.717, 1.165) is 0 Å². The lowest BCUT2D eigenvalue weighted by atomic mass is 10.2. The molecular weight excluding hydrogens is 196 g/mol. The quantitative estimate of drug-likeness (QED) is 0.732. The van der Waals surface area contributed by atoms with Crippen molar-refractivity contribution in [2.45, 2.75) is 6.42 Å². The molecule has 78 valence electrons. The van der Waals surface area contributed by atoms with Crippen molar-refractivity contribution < 1.29 is 4.52 Å². The summed E-state index contributed by atoms with van der Waals surface area (Å²) in [6, 6.07) is 3.12. The maximum atomic E-state index is 11.0. The number of aromatic amines is 1. The van der Waals surface area contributed by atoms with E-state index in [1.54, 1.807) is 6.07 Å². The van der Waals surface area contributed by atoms with Crippen molar-refractivity contribution in [1.82, 2.24) is 15.1 Å². The van der Waals surface area contributed by atoms with E-state index in [4.69, 9.17) is 10.3 Å². The van der Waals surface area contributed by atoms with Gasteiger partial charge < -0.3 is 15.2 Å². The molecular formula is C9H10N4O2. The maximum Gasteiger partial charge on any atom is 0.248 e. The van der Waals surface area contributed by atoms with Gasteiger partial charge in [-0.3, -0.25) is 4.79 Å². The third kappa shape index (κ3) is 2.10. The average molecular weight is 206 g/mol. The normalized spacial score (nSPS) is 10.5. The van der Waals surface area contributed by atoms with Gasteiger partial charge in [-0.15, -0.1) is 0 Å². The summed E-state index contributed by atoms with van der Waals surface area (Å²) in [5, 5.41) is 3.75. The van der Waals surface area contributed by atoms with Gasteiger partial charge in [-0.05, 0) is 6.07 Å². The van der Waals surface area contributed by atoms with Crippen LogP contribution in [0.4, 0.5) is 0 Å². The van der Waals surface area contributed by atoms with Gasteiger partial charge in [-0.2, -0.15) is 4.98 Å². The van der Waals surface area contributed by atoms with E-state index in [2.05, 4.69) is 15.1 Å².